The van der Waals surface area contributed by atoms with Crippen LogP contribution in [0.3, 0.4) is 0 Å². The third-order valence-electron chi connectivity index (χ3n) is 22.9. The van der Waals surface area contributed by atoms with Gasteiger partial charge in [-0.1, -0.05) is 248 Å². The van der Waals surface area contributed by atoms with E-state index in [1.165, 1.54) is 174 Å². The van der Waals surface area contributed by atoms with Crippen molar-refractivity contribution >= 4 is 151 Å². The predicted octanol–water partition coefficient (Wildman–Crippen LogP) is 32.7. The third kappa shape index (κ3) is 22.5. The maximum absolute atomic E-state index is 10.7. The minimum atomic E-state index is -10.7. The number of nitrogens with zero attached hydrogens (tertiary/aromatic N) is 10. The quantitative estimate of drug-likeness (QED) is 0.0611. The standard InChI is InChI=1S/C24H17N6.4C21H13N.C2H4O2.2F6P.2Ru/c1-16-23(21-12-6-10-19(27-21)17-8-2-4-14-25-17)29-30-24(16)22-13-7-11-20(28-22)18-9-3-5-15-26-18;4*1-2-15-4-5-17-6-8-18(14-10-12-22-13-11-14)19-9-7-16(3-1)20(15)21(17)19;1-2(3)4;2*1-7(2,3,4,5)6;;/h2-15H,1H3;4*1-13H;1H3,(H,3,4);;;;/q-1;;;;;;2*-1;2*+2/p-1. The smallest absolute Gasteiger partial charge is 0.265 e. The summed E-state index contributed by atoms with van der Waals surface area (Å²) in [5.74, 6) is -1.08. The second kappa shape index (κ2) is 37.8. The first kappa shape index (κ1) is 96.0. The maximum Gasteiger partial charge on any atom is 2.00 e. The second-order valence-electron chi connectivity index (χ2n) is 32.0. The molecule has 0 spiro atoms. The number of halogens is 12. The van der Waals surface area contributed by atoms with Gasteiger partial charge in [0.2, 0.25) is 0 Å². The fraction of sp³-hybridized carbons (Fsp3) is 0.0182. The molecule has 0 amide bonds. The number of carboxylic acid groups (broad SMARTS) is 1. The van der Waals surface area contributed by atoms with E-state index >= 15 is 0 Å². The first-order valence-electron chi connectivity index (χ1n) is 42.5. The summed E-state index contributed by atoms with van der Waals surface area (Å²) in [6.45, 7) is 2.97. The van der Waals surface area contributed by atoms with Crippen LogP contribution in [0.1, 0.15) is 12.5 Å². The summed E-state index contributed by atoms with van der Waals surface area (Å²) < 4.78 is 118. The van der Waals surface area contributed by atoms with Crippen molar-refractivity contribution in [1.82, 2.24) is 50.1 Å². The van der Waals surface area contributed by atoms with Gasteiger partial charge in [0.15, 0.2) is 0 Å². The van der Waals surface area contributed by atoms with Gasteiger partial charge < -0.3 is 20.1 Å². The molecule has 16 aromatic carbocycles. The second-order valence-corrected chi connectivity index (χ2v) is 35.8. The molecule has 0 saturated heterocycles. The van der Waals surface area contributed by atoms with E-state index in [2.05, 4.69) is 307 Å². The third-order valence-corrected chi connectivity index (χ3v) is 22.9. The Morgan fingerprint density at radius 3 is 0.717 bits per heavy atom. The van der Waals surface area contributed by atoms with Crippen LogP contribution in [0.5, 0.6) is 0 Å². The van der Waals surface area contributed by atoms with Crippen LogP contribution in [0, 0.1) is 6.92 Å². The predicted molar refractivity (Wildman–Crippen MR) is 527 cm³/mol. The largest absolute Gasteiger partial charge is 2.00 e. The van der Waals surface area contributed by atoms with Gasteiger partial charge in [-0.3, -0.25) is 29.9 Å². The van der Waals surface area contributed by atoms with Crippen LogP contribution in [0.25, 0.3) is 219 Å². The van der Waals surface area contributed by atoms with Crippen molar-refractivity contribution < 1.29 is 99.2 Å². The molecular formula is C110H72F12N10O2P2Ru2. The first-order valence-corrected chi connectivity index (χ1v) is 46.5. The zero-order valence-electron chi connectivity index (χ0n) is 72.5. The van der Waals surface area contributed by atoms with Crippen LogP contribution in [0.15, 0.2) is 402 Å². The van der Waals surface area contributed by atoms with E-state index in [0.717, 1.165) is 58.0 Å². The van der Waals surface area contributed by atoms with Gasteiger partial charge in [-0.2, -0.15) is 0 Å². The van der Waals surface area contributed by atoms with E-state index in [-0.39, 0.29) is 39.0 Å². The van der Waals surface area contributed by atoms with Crippen LogP contribution in [0.4, 0.5) is 50.4 Å². The molecule has 0 fully saturated rings. The average molecular weight is 2060 g/mol. The Hall–Kier alpha value is -15.2. The summed E-state index contributed by atoms with van der Waals surface area (Å²) in [5, 5.41) is 49.6. The molecular weight excluding hydrogens is 1990 g/mol. The molecule has 25 rings (SSSR count). The molecule has 0 N–H and O–H groups in total. The molecule has 9 heterocycles. The SMILES string of the molecule is CC(=O)[O-].Cc1c(-c2cccc(-c3ccccn3)n2)n[n-]c1-c1cccc(-c2ccccn2)n1.F[P-](F)(F)(F)(F)F.F[P-](F)(F)(F)(F)F.[Ru+2].[Ru+2].c1cc2ccc3ccc(-c4ccncc4)c4ccc(c1)c2c34.c1cc2ccc3ccc(-c4ccncc4)c4ccc(c1)c2c34.c1cc2ccc3ccc(-c4ccncc4)c4ccc(c1)c2c34.c1cc2ccc3ccc(-c4ccncc4)c4ccc(c1)c2c34. The topological polar surface area (TPSA) is 170 Å². The number of benzene rings is 16. The van der Waals surface area contributed by atoms with Gasteiger partial charge in [-0.15, -0.1) is 0 Å². The molecule has 0 atom stereocenters. The number of carbonyl (C=O) groups excluding carboxylic acids is 1. The number of carboxylic acids is 1. The molecule has 138 heavy (non-hydrogen) atoms. The molecule has 684 valence electrons. The van der Waals surface area contributed by atoms with E-state index < -0.39 is 21.6 Å². The van der Waals surface area contributed by atoms with Crippen molar-refractivity contribution in [3.63, 3.8) is 0 Å². The first-order chi connectivity index (χ1) is 65.1. The fourth-order valence-corrected chi connectivity index (χ4v) is 17.4. The minimum absolute atomic E-state index is 0. The number of aliphatic carboxylic acids is 1. The van der Waals surface area contributed by atoms with Gasteiger partial charge in [0, 0.05) is 67.9 Å². The van der Waals surface area contributed by atoms with Gasteiger partial charge in [-0.25, -0.2) is 9.97 Å². The van der Waals surface area contributed by atoms with Gasteiger partial charge in [0.05, 0.1) is 39.9 Å². The van der Waals surface area contributed by atoms with E-state index in [9.17, 15) is 50.4 Å². The molecule has 0 aliphatic heterocycles. The zero-order chi connectivity index (χ0) is 94.8. The fourth-order valence-electron chi connectivity index (χ4n) is 17.4. The Bertz CT molecular complexity index is 7720. The summed E-state index contributed by atoms with van der Waals surface area (Å²) in [6.07, 6.45) is 18.4. The molecule has 0 unspecified atom stereocenters. The van der Waals surface area contributed by atoms with Gasteiger partial charge in [0.1, 0.15) is 0 Å². The summed E-state index contributed by atoms with van der Waals surface area (Å²) in [4.78, 5) is 43.7. The Labute approximate surface area is 805 Å². The van der Waals surface area contributed by atoms with Gasteiger partial charge in [0.25, 0.3) is 0 Å². The summed E-state index contributed by atoms with van der Waals surface area (Å²) in [6, 6.07) is 119. The molecule has 25 aromatic rings. The van der Waals surface area contributed by atoms with Crippen molar-refractivity contribution in [2.75, 3.05) is 0 Å². The Morgan fingerprint density at radius 1 is 0.254 bits per heavy atom. The number of carbonyl (C=O) groups is 1. The summed E-state index contributed by atoms with van der Waals surface area (Å²) >= 11 is 0. The maximum atomic E-state index is 9.87. The number of pyridine rings is 8. The van der Waals surface area contributed by atoms with Crippen LogP contribution in [0.2, 0.25) is 0 Å². The van der Waals surface area contributed by atoms with Crippen molar-refractivity contribution in [3.05, 3.63) is 407 Å². The molecule has 28 heteroatoms. The number of rotatable bonds is 8. The van der Waals surface area contributed by atoms with E-state index in [1.807, 2.05) is 129 Å². The molecule has 0 bridgehead atoms. The zero-order valence-corrected chi connectivity index (χ0v) is 77.8. The van der Waals surface area contributed by atoms with Crippen molar-refractivity contribution in [3.8, 4) is 90.1 Å². The molecule has 0 aliphatic carbocycles. The van der Waals surface area contributed by atoms with E-state index in [4.69, 9.17) is 19.9 Å². The molecule has 0 saturated carbocycles. The Kier molecular flexibility index (Phi) is 26.3. The molecule has 0 radical (unpaired) electrons. The van der Waals surface area contributed by atoms with Crippen LogP contribution < -0.4 is 10.2 Å². The molecule has 0 aliphatic rings. The summed E-state index contributed by atoms with van der Waals surface area (Å²) in [7, 11) is -21.3. The Balaban J connectivity index is 0.000000119. The minimum Gasteiger partial charge on any atom is -0.265 e. The molecule has 9 aromatic heterocycles. The molecule has 12 nitrogen and oxygen atoms in total. The van der Waals surface area contributed by atoms with Crippen LogP contribution in [-0.4, -0.2) is 50.9 Å². The van der Waals surface area contributed by atoms with Crippen LogP contribution in [-0.2, 0) is 43.8 Å². The monoisotopic (exact) mass is 2060 g/mol. The van der Waals surface area contributed by atoms with E-state index in [0.29, 0.717) is 0 Å². The van der Waals surface area contributed by atoms with Gasteiger partial charge >= 0.3 is 105 Å². The number of hydrogen-bond acceptors (Lipinski definition) is 11. The van der Waals surface area contributed by atoms with Crippen molar-refractivity contribution in [2.45, 2.75) is 13.8 Å². The van der Waals surface area contributed by atoms with Crippen LogP contribution >= 0.6 is 15.6 Å². The Morgan fingerprint density at radius 2 is 0.464 bits per heavy atom. The van der Waals surface area contributed by atoms with Gasteiger partial charge in [-0.05, 0) is 290 Å². The van der Waals surface area contributed by atoms with E-state index in [1.54, 1.807) is 12.4 Å². The summed E-state index contributed by atoms with van der Waals surface area (Å²) in [5.41, 5.74) is 17.1. The normalized spacial score (nSPS) is 12.3. The average Bonchev–Trinajstić information content (AvgIpc) is 0.787. The van der Waals surface area contributed by atoms with Crippen molar-refractivity contribution in [2.24, 2.45) is 0 Å². The van der Waals surface area contributed by atoms with Crippen molar-refractivity contribution in [1.29, 1.82) is 0 Å². The number of aromatic nitrogens is 10. The number of hydrogen-bond donors (Lipinski definition) is 0.